The van der Waals surface area contributed by atoms with Crippen LogP contribution in [0.5, 0.6) is 0 Å². The summed E-state index contributed by atoms with van der Waals surface area (Å²) in [5.74, 6) is 0. The van der Waals surface area contributed by atoms with Crippen LogP contribution in [-0.4, -0.2) is 23.1 Å². The fourth-order valence-corrected chi connectivity index (χ4v) is 2.81. The predicted octanol–water partition coefficient (Wildman–Crippen LogP) is 1.44. The van der Waals surface area contributed by atoms with Crippen molar-refractivity contribution in [2.45, 2.75) is 11.8 Å². The summed E-state index contributed by atoms with van der Waals surface area (Å²) in [6.45, 7) is 1.66. The van der Waals surface area contributed by atoms with Crippen LogP contribution in [0.3, 0.4) is 0 Å². The van der Waals surface area contributed by atoms with Gasteiger partial charge in [-0.3, -0.25) is 19.5 Å². The van der Waals surface area contributed by atoms with Crippen LogP contribution in [0.15, 0.2) is 35.4 Å². The lowest BCUT2D eigenvalue weighted by atomic mass is 10.3. The zero-order valence-corrected chi connectivity index (χ0v) is 11.6. The van der Waals surface area contributed by atoms with Crippen molar-refractivity contribution in [3.8, 4) is 0 Å². The van der Waals surface area contributed by atoms with E-state index in [1.54, 1.807) is 14.0 Å². The Morgan fingerprint density at radius 2 is 2.10 bits per heavy atom. The van der Waals surface area contributed by atoms with Crippen LogP contribution >= 0.6 is 0 Å². The Morgan fingerprint density at radius 1 is 1.40 bits per heavy atom. The first-order chi connectivity index (χ1) is 9.29. The number of nitrogens with zero attached hydrogens (tertiary/aromatic N) is 3. The highest BCUT2D eigenvalue weighted by molar-refractivity contribution is 7.92. The molecule has 9 heteroatoms. The lowest BCUT2D eigenvalue weighted by molar-refractivity contribution is -0.385. The van der Waals surface area contributed by atoms with Crippen LogP contribution < -0.4 is 4.72 Å². The van der Waals surface area contributed by atoms with Crippen LogP contribution in [0.2, 0.25) is 0 Å². The van der Waals surface area contributed by atoms with E-state index < -0.39 is 14.9 Å². The number of nitro groups is 1. The molecule has 0 unspecified atom stereocenters. The zero-order valence-electron chi connectivity index (χ0n) is 10.8. The highest BCUT2D eigenvalue weighted by atomic mass is 32.2. The summed E-state index contributed by atoms with van der Waals surface area (Å²) in [5.41, 5.74) is 0.566. The van der Waals surface area contributed by atoms with Crippen molar-refractivity contribution in [3.05, 3.63) is 46.3 Å². The number of nitro benzene ring substituents is 1. The molecule has 8 nitrogen and oxygen atoms in total. The summed E-state index contributed by atoms with van der Waals surface area (Å²) < 4.78 is 28.2. The number of non-ortho nitro benzene ring substituents is 1. The van der Waals surface area contributed by atoms with Crippen LogP contribution in [0.1, 0.15) is 5.69 Å². The summed E-state index contributed by atoms with van der Waals surface area (Å²) in [6, 6.07) is 4.85. The third-order valence-corrected chi connectivity index (χ3v) is 3.96. The maximum absolute atomic E-state index is 12.2. The van der Waals surface area contributed by atoms with E-state index in [1.165, 1.54) is 29.1 Å². The van der Waals surface area contributed by atoms with E-state index >= 15 is 0 Å². The Kier molecular flexibility index (Phi) is 3.45. The minimum Gasteiger partial charge on any atom is -0.276 e. The molecule has 0 aliphatic carbocycles. The Balaban J connectivity index is 2.38. The second kappa shape index (κ2) is 4.93. The van der Waals surface area contributed by atoms with Gasteiger partial charge in [0.1, 0.15) is 0 Å². The summed E-state index contributed by atoms with van der Waals surface area (Å²) in [7, 11) is -2.22. The van der Waals surface area contributed by atoms with Crippen molar-refractivity contribution < 1.29 is 13.3 Å². The average Bonchev–Trinajstić information content (AvgIpc) is 2.67. The van der Waals surface area contributed by atoms with Gasteiger partial charge in [-0.25, -0.2) is 8.42 Å². The molecule has 1 aromatic carbocycles. The minimum atomic E-state index is -3.89. The summed E-state index contributed by atoms with van der Waals surface area (Å²) >= 11 is 0. The monoisotopic (exact) mass is 296 g/mol. The van der Waals surface area contributed by atoms with E-state index in [0.29, 0.717) is 11.4 Å². The van der Waals surface area contributed by atoms with Gasteiger partial charge in [-0.15, -0.1) is 0 Å². The van der Waals surface area contributed by atoms with Crippen molar-refractivity contribution in [2.24, 2.45) is 7.05 Å². The molecule has 1 N–H and O–H groups in total. The van der Waals surface area contributed by atoms with Crippen molar-refractivity contribution in [1.82, 2.24) is 9.78 Å². The van der Waals surface area contributed by atoms with Gasteiger partial charge in [0.2, 0.25) is 0 Å². The fourth-order valence-electron chi connectivity index (χ4n) is 1.67. The number of hydrogen-bond donors (Lipinski definition) is 1. The first-order valence-corrected chi connectivity index (χ1v) is 7.05. The van der Waals surface area contributed by atoms with Gasteiger partial charge < -0.3 is 0 Å². The SMILES string of the molecule is Cc1nn(C)cc1NS(=O)(=O)c1cccc([N+](=O)[O-])c1. The maximum atomic E-state index is 12.2. The van der Waals surface area contributed by atoms with Crippen LogP contribution in [0, 0.1) is 17.0 Å². The number of nitrogens with one attached hydrogen (secondary N) is 1. The Morgan fingerprint density at radius 3 is 2.65 bits per heavy atom. The topological polar surface area (TPSA) is 107 Å². The lowest BCUT2D eigenvalue weighted by Gasteiger charge is -2.06. The molecule has 0 aliphatic heterocycles. The minimum absolute atomic E-state index is 0.171. The Bertz CT molecular complexity index is 766. The summed E-state index contributed by atoms with van der Waals surface area (Å²) in [4.78, 5) is 9.86. The van der Waals surface area contributed by atoms with Gasteiger partial charge in [0.05, 0.1) is 21.2 Å². The number of sulfonamides is 1. The quantitative estimate of drug-likeness (QED) is 0.678. The van der Waals surface area contributed by atoms with E-state index in [0.717, 1.165) is 6.07 Å². The van der Waals surface area contributed by atoms with Crippen molar-refractivity contribution in [3.63, 3.8) is 0 Å². The molecule has 0 saturated carbocycles. The largest absolute Gasteiger partial charge is 0.276 e. The molecule has 106 valence electrons. The molecular formula is C11H12N4O4S. The molecule has 2 aromatic rings. The molecule has 0 spiro atoms. The Hall–Kier alpha value is -2.42. The van der Waals surface area contributed by atoms with Crippen molar-refractivity contribution >= 4 is 21.4 Å². The van der Waals surface area contributed by atoms with Crippen LogP contribution in [0.25, 0.3) is 0 Å². The van der Waals surface area contributed by atoms with Crippen LogP contribution in [0.4, 0.5) is 11.4 Å². The standard InChI is InChI=1S/C11H12N4O4S/c1-8-11(7-14(2)12-8)13-20(18,19)10-5-3-4-9(6-10)15(16)17/h3-7,13H,1-2H3. The zero-order chi connectivity index (χ0) is 14.9. The first kappa shape index (κ1) is 14.0. The number of rotatable bonds is 4. The normalized spacial score (nSPS) is 11.3. The molecule has 20 heavy (non-hydrogen) atoms. The molecular weight excluding hydrogens is 284 g/mol. The Labute approximate surface area is 115 Å². The third kappa shape index (κ3) is 2.77. The molecule has 0 radical (unpaired) electrons. The van der Waals surface area contributed by atoms with E-state index in [1.807, 2.05) is 0 Å². The number of aryl methyl sites for hydroxylation is 2. The highest BCUT2D eigenvalue weighted by Crippen LogP contribution is 2.21. The van der Waals surface area contributed by atoms with Gasteiger partial charge in [0.25, 0.3) is 15.7 Å². The predicted molar refractivity (Wildman–Crippen MR) is 71.8 cm³/mol. The number of aromatic nitrogens is 2. The van der Waals surface area contributed by atoms with Crippen molar-refractivity contribution in [1.29, 1.82) is 0 Å². The smallest absolute Gasteiger partial charge is 0.270 e. The molecule has 0 aliphatic rings. The summed E-state index contributed by atoms with van der Waals surface area (Å²) in [5, 5.41) is 14.7. The molecule has 2 rings (SSSR count). The first-order valence-electron chi connectivity index (χ1n) is 5.57. The van der Waals surface area contributed by atoms with Gasteiger partial charge in [0.15, 0.2) is 0 Å². The third-order valence-electron chi connectivity index (χ3n) is 2.60. The van der Waals surface area contributed by atoms with E-state index in [9.17, 15) is 18.5 Å². The van der Waals surface area contributed by atoms with Gasteiger partial charge in [0, 0.05) is 25.4 Å². The van der Waals surface area contributed by atoms with Gasteiger partial charge in [-0.1, -0.05) is 6.07 Å². The average molecular weight is 296 g/mol. The second-order valence-corrected chi connectivity index (χ2v) is 5.84. The second-order valence-electron chi connectivity index (χ2n) is 4.16. The molecule has 1 aromatic heterocycles. The lowest BCUT2D eigenvalue weighted by Crippen LogP contribution is -2.13. The maximum Gasteiger partial charge on any atom is 0.270 e. The van der Waals surface area contributed by atoms with E-state index in [2.05, 4.69) is 9.82 Å². The van der Waals surface area contributed by atoms with E-state index in [4.69, 9.17) is 0 Å². The number of anilines is 1. The molecule has 1 heterocycles. The van der Waals surface area contributed by atoms with Gasteiger partial charge >= 0.3 is 0 Å². The van der Waals surface area contributed by atoms with E-state index in [-0.39, 0.29) is 10.6 Å². The molecule has 0 amide bonds. The number of benzene rings is 1. The van der Waals surface area contributed by atoms with Gasteiger partial charge in [-0.05, 0) is 13.0 Å². The molecule has 0 atom stereocenters. The number of hydrogen-bond acceptors (Lipinski definition) is 5. The van der Waals surface area contributed by atoms with Gasteiger partial charge in [-0.2, -0.15) is 5.10 Å². The molecule has 0 saturated heterocycles. The molecule has 0 bridgehead atoms. The highest BCUT2D eigenvalue weighted by Gasteiger charge is 2.19. The fraction of sp³-hybridized carbons (Fsp3) is 0.182. The van der Waals surface area contributed by atoms with Crippen LogP contribution in [-0.2, 0) is 17.1 Å². The van der Waals surface area contributed by atoms with Crippen molar-refractivity contribution in [2.75, 3.05) is 4.72 Å². The summed E-state index contributed by atoms with van der Waals surface area (Å²) in [6.07, 6.45) is 1.52. The molecule has 0 fully saturated rings.